The van der Waals surface area contributed by atoms with E-state index in [4.69, 9.17) is 20.7 Å². The number of nitrogens with zero attached hydrogens (tertiary/aromatic N) is 1. The van der Waals surface area contributed by atoms with Gasteiger partial charge in [0.25, 0.3) is 16.0 Å². The number of hydrogen-bond donors (Lipinski definition) is 2. The highest BCUT2D eigenvalue weighted by Gasteiger charge is 2.31. The Labute approximate surface area is 292 Å². The van der Waals surface area contributed by atoms with Crippen molar-refractivity contribution in [2.75, 3.05) is 12.3 Å². The Kier molecular flexibility index (Phi) is 10.6. The highest BCUT2D eigenvalue weighted by atomic mass is 35.5. The molecule has 1 heterocycles. The molecule has 1 atom stereocenters. The first kappa shape index (κ1) is 36.8. The Balaban J connectivity index is 1.45. The predicted octanol–water partition coefficient (Wildman–Crippen LogP) is 9.11. The second kappa shape index (κ2) is 14.4. The van der Waals surface area contributed by atoms with Crippen LogP contribution in [0.25, 0.3) is 22.5 Å². The van der Waals surface area contributed by atoms with Crippen LogP contribution in [0.5, 0.6) is 0 Å². The minimum atomic E-state index is -4.57. The third kappa shape index (κ3) is 8.98. The summed E-state index contributed by atoms with van der Waals surface area (Å²) in [5, 5.41) is 6.62. The smallest absolute Gasteiger partial charge is 0.356 e. The molecule has 262 valence electrons. The molecule has 4 aromatic carbocycles. The maximum atomic E-state index is 15.2. The molecule has 0 aliphatic carbocycles. The number of rotatable bonds is 10. The van der Waals surface area contributed by atoms with Crippen LogP contribution in [0.4, 0.5) is 17.6 Å². The van der Waals surface area contributed by atoms with Crippen LogP contribution >= 0.6 is 11.6 Å². The van der Waals surface area contributed by atoms with Gasteiger partial charge in [0, 0.05) is 34.7 Å². The monoisotopic (exact) mass is 728 g/mol. The number of carbonyl (C=O) groups excluding carboxylic acids is 1. The number of nitrogens with one attached hydrogen (secondary N) is 1. The standard InChI is InChI=1S/C37H33ClF4N2O5S/c1-36(2,3)26-11-8-23(9-12-26)29(18-22-4-6-24(7-5-22)35(45)43-16-17-50(46,47)48)33-21-34(49-44-33)30-19-25(10-15-32(30)39)28-14-13-27(20-31(28)38)37(40,41)42/h4-15,19-21,29H,16-18H2,1-3H3,(H,43,45)(H,46,47,48). The molecule has 0 bridgehead atoms. The number of benzene rings is 4. The summed E-state index contributed by atoms with van der Waals surface area (Å²) in [4.78, 5) is 12.5. The number of alkyl halides is 3. The van der Waals surface area contributed by atoms with Crippen LogP contribution in [0.3, 0.4) is 0 Å². The lowest BCUT2D eigenvalue weighted by atomic mass is 9.83. The van der Waals surface area contributed by atoms with Gasteiger partial charge in [0.1, 0.15) is 5.82 Å². The summed E-state index contributed by atoms with van der Waals surface area (Å²) >= 11 is 6.22. The fraction of sp³-hybridized carbons (Fsp3) is 0.243. The SMILES string of the molecule is CC(C)(C)c1ccc(C(Cc2ccc(C(=O)NCCS(=O)(=O)O)cc2)c2cc(-c3cc(-c4ccc(C(F)(F)F)cc4Cl)ccc3F)on2)cc1. The van der Waals surface area contributed by atoms with Crippen LogP contribution in [-0.4, -0.2) is 36.3 Å². The molecule has 0 fully saturated rings. The Morgan fingerprint density at radius 3 is 2.16 bits per heavy atom. The summed E-state index contributed by atoms with van der Waals surface area (Å²) in [5.41, 5.74) is 3.36. The highest BCUT2D eigenvalue weighted by molar-refractivity contribution is 7.85. The maximum absolute atomic E-state index is 15.2. The van der Waals surface area contributed by atoms with Crippen molar-refractivity contribution in [3.05, 3.63) is 135 Å². The Hall–Kier alpha value is -4.52. The minimum absolute atomic E-state index is 0.0448. The molecule has 0 spiro atoms. The summed E-state index contributed by atoms with van der Waals surface area (Å²) in [6.45, 7) is 6.06. The van der Waals surface area contributed by atoms with Crippen LogP contribution < -0.4 is 5.32 Å². The quantitative estimate of drug-likeness (QED) is 0.110. The van der Waals surface area contributed by atoms with Gasteiger partial charge in [-0.15, -0.1) is 0 Å². The van der Waals surface area contributed by atoms with Gasteiger partial charge in [-0.1, -0.05) is 86.1 Å². The summed E-state index contributed by atoms with van der Waals surface area (Å²) < 4.78 is 91.3. The molecule has 1 amide bonds. The van der Waals surface area contributed by atoms with Crippen molar-refractivity contribution in [2.45, 2.75) is 44.7 Å². The lowest BCUT2D eigenvalue weighted by molar-refractivity contribution is -0.137. The Morgan fingerprint density at radius 2 is 1.56 bits per heavy atom. The topological polar surface area (TPSA) is 110 Å². The average molecular weight is 729 g/mol. The fourth-order valence-electron chi connectivity index (χ4n) is 5.42. The molecule has 1 unspecified atom stereocenters. The van der Waals surface area contributed by atoms with Gasteiger partial charge in [-0.3, -0.25) is 9.35 Å². The van der Waals surface area contributed by atoms with Crippen LogP contribution in [0.1, 0.15) is 65.0 Å². The largest absolute Gasteiger partial charge is 0.416 e. The van der Waals surface area contributed by atoms with Gasteiger partial charge < -0.3 is 9.84 Å². The molecule has 5 rings (SSSR count). The molecule has 2 N–H and O–H groups in total. The van der Waals surface area contributed by atoms with Crippen molar-refractivity contribution in [1.29, 1.82) is 0 Å². The number of hydrogen-bond acceptors (Lipinski definition) is 5. The third-order valence-electron chi connectivity index (χ3n) is 8.21. The van der Waals surface area contributed by atoms with Gasteiger partial charge in [0.05, 0.1) is 22.6 Å². The van der Waals surface area contributed by atoms with Gasteiger partial charge in [-0.25, -0.2) is 4.39 Å². The molecule has 1 aromatic heterocycles. The van der Waals surface area contributed by atoms with Gasteiger partial charge in [-0.2, -0.15) is 21.6 Å². The van der Waals surface area contributed by atoms with Gasteiger partial charge in [0.15, 0.2) is 5.76 Å². The maximum Gasteiger partial charge on any atom is 0.416 e. The number of amides is 1. The highest BCUT2D eigenvalue weighted by Crippen LogP contribution is 2.38. The Morgan fingerprint density at radius 1 is 0.900 bits per heavy atom. The first-order chi connectivity index (χ1) is 23.4. The molecule has 50 heavy (non-hydrogen) atoms. The Bertz CT molecular complexity index is 2110. The molecule has 5 aromatic rings. The van der Waals surface area contributed by atoms with Gasteiger partial charge in [0.2, 0.25) is 0 Å². The molecule has 13 heteroatoms. The molecule has 0 radical (unpaired) electrons. The second-order valence-electron chi connectivity index (χ2n) is 12.9. The van der Waals surface area contributed by atoms with Crippen LogP contribution in [-0.2, 0) is 28.1 Å². The average Bonchev–Trinajstić information content (AvgIpc) is 3.52. The zero-order valence-electron chi connectivity index (χ0n) is 27.2. The first-order valence-corrected chi connectivity index (χ1v) is 17.4. The van der Waals surface area contributed by atoms with E-state index in [1.807, 2.05) is 24.3 Å². The molecular weight excluding hydrogens is 696 g/mol. The fourth-order valence-corrected chi connectivity index (χ4v) is 6.07. The zero-order chi connectivity index (χ0) is 36.4. The van der Waals surface area contributed by atoms with Gasteiger partial charge in [-0.05, 0) is 70.5 Å². The lowest BCUT2D eigenvalue weighted by Crippen LogP contribution is -2.28. The van der Waals surface area contributed by atoms with Crippen LogP contribution in [0, 0.1) is 5.82 Å². The van der Waals surface area contributed by atoms with E-state index >= 15 is 4.39 Å². The van der Waals surface area contributed by atoms with E-state index in [-0.39, 0.29) is 39.8 Å². The third-order valence-corrected chi connectivity index (χ3v) is 9.24. The van der Waals surface area contributed by atoms with E-state index in [1.54, 1.807) is 30.3 Å². The van der Waals surface area contributed by atoms with Crippen molar-refractivity contribution >= 4 is 27.6 Å². The zero-order valence-corrected chi connectivity index (χ0v) is 28.8. The molecule has 0 saturated carbocycles. The number of carbonyl (C=O) groups is 1. The molecule has 0 saturated heterocycles. The van der Waals surface area contributed by atoms with Gasteiger partial charge >= 0.3 is 6.18 Å². The molecule has 7 nitrogen and oxygen atoms in total. The van der Waals surface area contributed by atoms with E-state index in [0.29, 0.717) is 23.2 Å². The number of aromatic nitrogens is 1. The lowest BCUT2D eigenvalue weighted by Gasteiger charge is -2.21. The summed E-state index contributed by atoms with van der Waals surface area (Å²) in [6, 6.07) is 23.4. The van der Waals surface area contributed by atoms with E-state index in [0.717, 1.165) is 28.8 Å². The first-order valence-electron chi connectivity index (χ1n) is 15.5. The van der Waals surface area contributed by atoms with Crippen LogP contribution in [0.2, 0.25) is 5.02 Å². The molecular formula is C37H33ClF4N2O5S. The van der Waals surface area contributed by atoms with Crippen molar-refractivity contribution in [1.82, 2.24) is 10.5 Å². The van der Waals surface area contributed by atoms with Crippen molar-refractivity contribution in [3.63, 3.8) is 0 Å². The van der Waals surface area contributed by atoms with E-state index in [9.17, 15) is 26.4 Å². The molecule has 0 aliphatic rings. The molecule has 0 aliphatic heterocycles. The van der Waals surface area contributed by atoms with E-state index in [1.165, 1.54) is 24.3 Å². The predicted molar refractivity (Wildman–Crippen MR) is 183 cm³/mol. The van der Waals surface area contributed by atoms with Crippen molar-refractivity contribution < 1.29 is 39.8 Å². The number of halogens is 5. The summed E-state index contributed by atoms with van der Waals surface area (Å²) in [7, 11) is -4.22. The van der Waals surface area contributed by atoms with Crippen LogP contribution in [0.15, 0.2) is 95.5 Å². The minimum Gasteiger partial charge on any atom is -0.356 e. The van der Waals surface area contributed by atoms with E-state index < -0.39 is 39.3 Å². The normalized spacial score (nSPS) is 12.9. The van der Waals surface area contributed by atoms with Crippen molar-refractivity contribution in [2.24, 2.45) is 0 Å². The van der Waals surface area contributed by atoms with E-state index in [2.05, 4.69) is 31.2 Å². The van der Waals surface area contributed by atoms with Crippen molar-refractivity contribution in [3.8, 4) is 22.5 Å². The summed E-state index contributed by atoms with van der Waals surface area (Å²) in [5.74, 6) is -2.00. The second-order valence-corrected chi connectivity index (χ2v) is 14.8. The summed E-state index contributed by atoms with van der Waals surface area (Å²) in [6.07, 6.45) is -4.16.